The van der Waals surface area contributed by atoms with E-state index in [9.17, 15) is 9.59 Å². The van der Waals surface area contributed by atoms with Crippen LogP contribution in [0.15, 0.2) is 64.8 Å². The van der Waals surface area contributed by atoms with Crippen LogP contribution in [0.3, 0.4) is 0 Å². The highest BCUT2D eigenvalue weighted by Crippen LogP contribution is 2.35. The van der Waals surface area contributed by atoms with Gasteiger partial charge in [-0.15, -0.1) is 11.3 Å². The Morgan fingerprint density at radius 2 is 1.97 bits per heavy atom. The summed E-state index contributed by atoms with van der Waals surface area (Å²) in [4.78, 5) is 31.7. The Bertz CT molecular complexity index is 1390. The first kappa shape index (κ1) is 22.2. The number of carbonyl (C=O) groups is 1. The molecule has 0 spiro atoms. The van der Waals surface area contributed by atoms with Gasteiger partial charge in [0.2, 0.25) is 0 Å². The molecule has 0 fully saturated rings. The lowest BCUT2D eigenvalue weighted by molar-refractivity contribution is -0.121. The first-order valence-corrected chi connectivity index (χ1v) is 10.9. The molecule has 0 saturated heterocycles. The van der Waals surface area contributed by atoms with Crippen LogP contribution in [-0.4, -0.2) is 35.9 Å². The number of methoxy groups -OCH3 is 2. The molecule has 0 aliphatic rings. The number of amides is 1. The third-order valence-corrected chi connectivity index (χ3v) is 6.08. The van der Waals surface area contributed by atoms with E-state index >= 15 is 0 Å². The van der Waals surface area contributed by atoms with Crippen molar-refractivity contribution in [3.05, 3.63) is 75.7 Å². The van der Waals surface area contributed by atoms with Crippen LogP contribution in [-0.2, 0) is 11.3 Å². The van der Waals surface area contributed by atoms with Crippen molar-refractivity contribution in [1.29, 1.82) is 0 Å². The molecule has 9 heteroatoms. The fourth-order valence-corrected chi connectivity index (χ4v) is 4.49. The number of fused-ring (bicyclic) bond motifs is 1. The Balaban J connectivity index is 1.55. The van der Waals surface area contributed by atoms with E-state index in [1.54, 1.807) is 25.3 Å². The van der Waals surface area contributed by atoms with Crippen LogP contribution < -0.4 is 20.5 Å². The van der Waals surface area contributed by atoms with E-state index in [2.05, 4.69) is 15.5 Å². The number of thiophene rings is 1. The minimum absolute atomic E-state index is 0.206. The Kier molecular flexibility index (Phi) is 6.50. The normalized spacial score (nSPS) is 11.1. The zero-order valence-electron chi connectivity index (χ0n) is 18.4. The smallest absolute Gasteiger partial charge is 0.263 e. The summed E-state index contributed by atoms with van der Waals surface area (Å²) in [6.07, 6.45) is 2.86. The fraction of sp³-hybridized carbons (Fsp3) is 0.167. The Morgan fingerprint density at radius 3 is 2.70 bits per heavy atom. The highest BCUT2D eigenvalue weighted by Gasteiger charge is 2.17. The number of hydrogen-bond acceptors (Lipinski definition) is 7. The molecule has 2 heterocycles. The molecule has 0 unspecified atom stereocenters. The molecule has 0 radical (unpaired) electrons. The Labute approximate surface area is 194 Å². The average molecular weight is 463 g/mol. The largest absolute Gasteiger partial charge is 0.497 e. The first-order valence-electron chi connectivity index (χ1n) is 10.1. The van der Waals surface area contributed by atoms with Gasteiger partial charge in [-0.1, -0.05) is 30.3 Å². The molecular weight excluding hydrogens is 440 g/mol. The summed E-state index contributed by atoms with van der Waals surface area (Å²) in [6.45, 7) is 1.76. The predicted octanol–water partition coefficient (Wildman–Crippen LogP) is 3.60. The zero-order chi connectivity index (χ0) is 23.4. The minimum Gasteiger partial charge on any atom is -0.497 e. The van der Waals surface area contributed by atoms with Crippen LogP contribution in [0, 0.1) is 6.92 Å². The number of rotatable bonds is 7. The zero-order valence-corrected chi connectivity index (χ0v) is 19.2. The van der Waals surface area contributed by atoms with Gasteiger partial charge < -0.3 is 9.47 Å². The second kappa shape index (κ2) is 9.66. The van der Waals surface area contributed by atoms with Crippen LogP contribution >= 0.6 is 11.3 Å². The number of ether oxygens (including phenoxy) is 2. The predicted molar refractivity (Wildman–Crippen MR) is 129 cm³/mol. The lowest BCUT2D eigenvalue weighted by Crippen LogP contribution is -2.30. The lowest BCUT2D eigenvalue weighted by atomic mass is 10.0. The fourth-order valence-electron chi connectivity index (χ4n) is 3.49. The highest BCUT2D eigenvalue weighted by atomic mass is 32.1. The second-order valence-electron chi connectivity index (χ2n) is 7.16. The van der Waals surface area contributed by atoms with Gasteiger partial charge in [0, 0.05) is 22.1 Å². The van der Waals surface area contributed by atoms with Crippen molar-refractivity contribution in [3.63, 3.8) is 0 Å². The van der Waals surface area contributed by atoms with Gasteiger partial charge in [0.05, 0.1) is 32.1 Å². The number of hydrogen-bond donors (Lipinski definition) is 1. The van der Waals surface area contributed by atoms with Gasteiger partial charge in [0.25, 0.3) is 11.5 Å². The number of nitrogens with one attached hydrogen (secondary N) is 1. The molecule has 2 aromatic heterocycles. The van der Waals surface area contributed by atoms with Crippen molar-refractivity contribution >= 4 is 33.7 Å². The van der Waals surface area contributed by atoms with Crippen molar-refractivity contribution in [2.24, 2.45) is 5.10 Å². The van der Waals surface area contributed by atoms with Gasteiger partial charge in [-0.2, -0.15) is 5.10 Å². The molecule has 1 amide bonds. The van der Waals surface area contributed by atoms with Crippen molar-refractivity contribution in [2.75, 3.05) is 14.2 Å². The van der Waals surface area contributed by atoms with E-state index in [1.807, 2.05) is 37.3 Å². The summed E-state index contributed by atoms with van der Waals surface area (Å²) in [5.74, 6) is 0.753. The maximum absolute atomic E-state index is 13.2. The van der Waals surface area contributed by atoms with Crippen LogP contribution in [0.4, 0.5) is 0 Å². The van der Waals surface area contributed by atoms with E-state index in [0.29, 0.717) is 27.3 Å². The lowest BCUT2D eigenvalue weighted by Gasteiger charge is -2.07. The SMILES string of the molecule is COc1ccc(/C=N\NC(=O)Cn2cnc3sc(C)c(-c4ccccc4)c3c2=O)c(OC)c1. The van der Waals surface area contributed by atoms with E-state index in [1.165, 1.54) is 35.6 Å². The van der Waals surface area contributed by atoms with Crippen molar-refractivity contribution in [1.82, 2.24) is 15.0 Å². The van der Waals surface area contributed by atoms with E-state index in [0.717, 1.165) is 16.0 Å². The first-order chi connectivity index (χ1) is 16.0. The molecule has 168 valence electrons. The van der Waals surface area contributed by atoms with Crippen LogP contribution in [0.25, 0.3) is 21.3 Å². The van der Waals surface area contributed by atoms with Crippen molar-refractivity contribution < 1.29 is 14.3 Å². The van der Waals surface area contributed by atoms with Gasteiger partial charge in [0.1, 0.15) is 22.9 Å². The van der Waals surface area contributed by atoms with Crippen molar-refractivity contribution in [3.8, 4) is 22.6 Å². The van der Waals surface area contributed by atoms with E-state index in [-0.39, 0.29) is 12.1 Å². The minimum atomic E-state index is -0.449. The summed E-state index contributed by atoms with van der Waals surface area (Å²) < 4.78 is 11.8. The monoisotopic (exact) mass is 462 g/mol. The van der Waals surface area contributed by atoms with Crippen LogP contribution in [0.2, 0.25) is 0 Å². The standard InChI is InChI=1S/C24H22N4O4S/c1-15-21(16-7-5-4-6-8-16)22-23(33-15)25-14-28(24(22)30)13-20(29)27-26-12-17-9-10-18(31-2)11-19(17)32-3/h4-12,14H,13H2,1-3H3,(H,27,29)/b26-12-. The summed E-state index contributed by atoms with van der Waals surface area (Å²) in [5.41, 5.74) is 4.65. The van der Waals surface area contributed by atoms with E-state index < -0.39 is 5.91 Å². The number of aryl methyl sites for hydroxylation is 1. The molecule has 4 rings (SSSR count). The summed E-state index contributed by atoms with van der Waals surface area (Å²) in [6, 6.07) is 14.9. The van der Waals surface area contributed by atoms with Crippen LogP contribution in [0.5, 0.6) is 11.5 Å². The quantitative estimate of drug-likeness (QED) is 0.335. The molecule has 2 aromatic carbocycles. The highest BCUT2D eigenvalue weighted by molar-refractivity contribution is 7.19. The Hall–Kier alpha value is -3.98. The maximum atomic E-state index is 13.2. The number of carbonyl (C=O) groups excluding carboxylic acids is 1. The summed E-state index contributed by atoms with van der Waals surface area (Å²) in [5, 5.41) is 4.50. The van der Waals surface area contributed by atoms with E-state index in [4.69, 9.17) is 9.47 Å². The second-order valence-corrected chi connectivity index (χ2v) is 8.36. The third kappa shape index (κ3) is 4.63. The van der Waals surface area contributed by atoms with Gasteiger partial charge in [0.15, 0.2) is 0 Å². The van der Waals surface area contributed by atoms with Crippen LogP contribution in [0.1, 0.15) is 10.4 Å². The molecule has 0 bridgehead atoms. The molecule has 0 aliphatic heterocycles. The van der Waals surface area contributed by atoms with Gasteiger partial charge in [-0.25, -0.2) is 10.4 Å². The summed E-state index contributed by atoms with van der Waals surface area (Å²) in [7, 11) is 3.10. The molecule has 1 N–H and O–H groups in total. The van der Waals surface area contributed by atoms with Crippen molar-refractivity contribution in [2.45, 2.75) is 13.5 Å². The number of benzene rings is 2. The Morgan fingerprint density at radius 1 is 1.18 bits per heavy atom. The average Bonchev–Trinajstić information content (AvgIpc) is 3.18. The van der Waals surface area contributed by atoms with Gasteiger partial charge in [-0.3, -0.25) is 14.2 Å². The van der Waals surface area contributed by atoms with Gasteiger partial charge in [-0.05, 0) is 24.6 Å². The molecule has 0 saturated carbocycles. The topological polar surface area (TPSA) is 94.8 Å². The van der Waals surface area contributed by atoms with Gasteiger partial charge >= 0.3 is 0 Å². The third-order valence-electron chi connectivity index (χ3n) is 5.06. The molecule has 4 aromatic rings. The number of aromatic nitrogens is 2. The molecule has 0 aliphatic carbocycles. The number of nitrogens with zero attached hydrogens (tertiary/aromatic N) is 3. The number of hydrazone groups is 1. The molecule has 33 heavy (non-hydrogen) atoms. The summed E-state index contributed by atoms with van der Waals surface area (Å²) >= 11 is 1.46. The molecule has 0 atom stereocenters. The maximum Gasteiger partial charge on any atom is 0.263 e. The molecule has 8 nitrogen and oxygen atoms in total. The molecular formula is C24H22N4O4S.